The van der Waals surface area contributed by atoms with Gasteiger partial charge in [0.25, 0.3) is 0 Å². The van der Waals surface area contributed by atoms with Crippen LogP contribution in [0.25, 0.3) is 0 Å². The van der Waals surface area contributed by atoms with Gasteiger partial charge in [-0.1, -0.05) is 13.8 Å². The molecule has 0 aromatic carbocycles. The number of carbonyl (C=O) groups excluding carboxylic acids is 1. The maximum atomic E-state index is 12.0. The molecule has 23 heavy (non-hydrogen) atoms. The number of nitrogens with zero attached hydrogens (tertiary/aromatic N) is 3. The lowest BCUT2D eigenvalue weighted by Gasteiger charge is -2.26. The molecule has 1 amide bonds. The van der Waals surface area contributed by atoms with Crippen molar-refractivity contribution in [2.24, 2.45) is 5.92 Å². The number of aromatic nitrogens is 2. The number of hydrogen-bond acceptors (Lipinski definition) is 3. The zero-order chi connectivity index (χ0) is 16.2. The molecule has 1 N–H and O–H groups in total. The zero-order valence-corrected chi connectivity index (χ0v) is 14.5. The molecule has 1 saturated carbocycles. The van der Waals surface area contributed by atoms with Crippen LogP contribution in [0.5, 0.6) is 0 Å². The second kappa shape index (κ2) is 7.47. The lowest BCUT2D eigenvalue weighted by Crippen LogP contribution is -2.36. The van der Waals surface area contributed by atoms with E-state index in [-0.39, 0.29) is 5.91 Å². The van der Waals surface area contributed by atoms with Crippen LogP contribution in [0.15, 0.2) is 12.4 Å². The Morgan fingerprint density at radius 3 is 2.96 bits per heavy atom. The highest BCUT2D eigenvalue weighted by Crippen LogP contribution is 2.37. The lowest BCUT2D eigenvalue weighted by molar-refractivity contribution is -0.121. The molecule has 0 unspecified atom stereocenters. The number of likely N-dealkylation sites (tertiary alicyclic amines) is 1. The second-order valence-electron chi connectivity index (χ2n) is 7.41. The zero-order valence-electron chi connectivity index (χ0n) is 14.5. The monoisotopic (exact) mass is 318 g/mol. The summed E-state index contributed by atoms with van der Waals surface area (Å²) in [6.45, 7) is 8.14. The first-order valence-electron chi connectivity index (χ1n) is 9.15. The molecule has 1 saturated heterocycles. The van der Waals surface area contributed by atoms with Crippen molar-refractivity contribution in [1.82, 2.24) is 19.8 Å². The molecular weight excluding hydrogens is 288 g/mol. The maximum absolute atomic E-state index is 12.0. The fourth-order valence-electron chi connectivity index (χ4n) is 4.12. The Balaban J connectivity index is 1.30. The van der Waals surface area contributed by atoms with Gasteiger partial charge >= 0.3 is 0 Å². The summed E-state index contributed by atoms with van der Waals surface area (Å²) in [7, 11) is 0. The number of fused-ring (bicyclic) bond motifs is 2. The van der Waals surface area contributed by atoms with Crippen LogP contribution < -0.4 is 5.32 Å². The SMILES string of the molecule is CC(C)c1nccn1CCCNC(=O)CCN1C[C@H]2CC[C@@H]1C2. The van der Waals surface area contributed by atoms with Crippen molar-refractivity contribution in [2.75, 3.05) is 19.6 Å². The summed E-state index contributed by atoms with van der Waals surface area (Å²) in [6.07, 6.45) is 9.60. The first kappa shape index (κ1) is 16.5. The van der Waals surface area contributed by atoms with Crippen molar-refractivity contribution in [2.45, 2.75) is 64.5 Å². The molecule has 2 aliphatic rings. The summed E-state index contributed by atoms with van der Waals surface area (Å²) in [5, 5.41) is 3.06. The number of carbonyl (C=O) groups is 1. The third kappa shape index (κ3) is 4.14. The summed E-state index contributed by atoms with van der Waals surface area (Å²) in [5.41, 5.74) is 0. The van der Waals surface area contributed by atoms with E-state index in [0.717, 1.165) is 43.8 Å². The Hall–Kier alpha value is -1.36. The minimum absolute atomic E-state index is 0.197. The van der Waals surface area contributed by atoms with Gasteiger partial charge in [0, 0.05) is 57.0 Å². The summed E-state index contributed by atoms with van der Waals surface area (Å²) in [6, 6.07) is 0.767. The average Bonchev–Trinajstić information content (AvgIpc) is 3.25. The van der Waals surface area contributed by atoms with E-state index < -0.39 is 0 Å². The molecule has 2 fully saturated rings. The number of rotatable bonds is 8. The number of piperidine rings is 1. The van der Waals surface area contributed by atoms with Gasteiger partial charge in [-0.2, -0.15) is 0 Å². The quantitative estimate of drug-likeness (QED) is 0.749. The van der Waals surface area contributed by atoms with Gasteiger partial charge in [0.05, 0.1) is 0 Å². The molecule has 2 bridgehead atoms. The van der Waals surface area contributed by atoms with Crippen LogP contribution in [0, 0.1) is 5.92 Å². The van der Waals surface area contributed by atoms with Crippen LogP contribution in [0.4, 0.5) is 0 Å². The van der Waals surface area contributed by atoms with E-state index in [1.165, 1.54) is 25.8 Å². The van der Waals surface area contributed by atoms with E-state index in [9.17, 15) is 4.79 Å². The van der Waals surface area contributed by atoms with E-state index in [1.807, 2.05) is 12.4 Å². The molecule has 1 aliphatic heterocycles. The van der Waals surface area contributed by atoms with Gasteiger partial charge in [0.1, 0.15) is 5.82 Å². The van der Waals surface area contributed by atoms with Gasteiger partial charge in [-0.15, -0.1) is 0 Å². The van der Waals surface area contributed by atoms with E-state index in [0.29, 0.717) is 12.3 Å². The molecule has 1 aromatic heterocycles. The van der Waals surface area contributed by atoms with Crippen LogP contribution in [-0.2, 0) is 11.3 Å². The highest BCUT2D eigenvalue weighted by atomic mass is 16.1. The Morgan fingerprint density at radius 2 is 2.26 bits per heavy atom. The number of imidazole rings is 1. The van der Waals surface area contributed by atoms with Gasteiger partial charge in [0.15, 0.2) is 0 Å². The van der Waals surface area contributed by atoms with Crippen molar-refractivity contribution in [3.05, 3.63) is 18.2 Å². The van der Waals surface area contributed by atoms with Crippen LogP contribution in [-0.4, -0.2) is 46.0 Å². The standard InChI is InChI=1S/C18H30N4O/c1-14(2)18-20-8-11-21(18)9-3-7-19-17(23)6-10-22-13-15-4-5-16(22)12-15/h8,11,14-16H,3-7,9-10,12-13H2,1-2H3,(H,19,23)/t15-,16+/m0/s1. The first-order valence-corrected chi connectivity index (χ1v) is 9.15. The number of aryl methyl sites for hydroxylation is 1. The Kier molecular flexibility index (Phi) is 5.36. The molecule has 5 heteroatoms. The summed E-state index contributed by atoms with van der Waals surface area (Å²) in [5.74, 6) is 2.67. The van der Waals surface area contributed by atoms with Gasteiger partial charge in [-0.05, 0) is 31.6 Å². The Morgan fingerprint density at radius 1 is 1.39 bits per heavy atom. The van der Waals surface area contributed by atoms with Gasteiger partial charge < -0.3 is 9.88 Å². The van der Waals surface area contributed by atoms with Crippen molar-refractivity contribution in [3.63, 3.8) is 0 Å². The predicted molar refractivity (Wildman–Crippen MR) is 91.3 cm³/mol. The van der Waals surface area contributed by atoms with E-state index in [2.05, 4.69) is 33.6 Å². The lowest BCUT2D eigenvalue weighted by atomic mass is 10.1. The molecular formula is C18H30N4O. The van der Waals surface area contributed by atoms with Crippen molar-refractivity contribution in [1.29, 1.82) is 0 Å². The molecule has 1 aliphatic carbocycles. The average molecular weight is 318 g/mol. The molecule has 2 heterocycles. The maximum Gasteiger partial charge on any atom is 0.221 e. The molecule has 2 atom stereocenters. The molecule has 5 nitrogen and oxygen atoms in total. The largest absolute Gasteiger partial charge is 0.356 e. The third-order valence-electron chi connectivity index (χ3n) is 5.31. The smallest absolute Gasteiger partial charge is 0.221 e. The van der Waals surface area contributed by atoms with E-state index >= 15 is 0 Å². The van der Waals surface area contributed by atoms with Crippen molar-refractivity contribution >= 4 is 5.91 Å². The van der Waals surface area contributed by atoms with Crippen LogP contribution in [0.1, 0.15) is 57.7 Å². The highest BCUT2D eigenvalue weighted by Gasteiger charge is 2.37. The van der Waals surface area contributed by atoms with E-state index in [1.54, 1.807) is 0 Å². The van der Waals surface area contributed by atoms with Crippen molar-refractivity contribution in [3.8, 4) is 0 Å². The molecule has 3 rings (SSSR count). The number of hydrogen-bond donors (Lipinski definition) is 1. The second-order valence-corrected chi connectivity index (χ2v) is 7.41. The topological polar surface area (TPSA) is 50.2 Å². The summed E-state index contributed by atoms with van der Waals surface area (Å²) < 4.78 is 2.19. The molecule has 0 radical (unpaired) electrons. The first-order chi connectivity index (χ1) is 11.1. The fraction of sp³-hybridized carbons (Fsp3) is 0.778. The molecule has 0 spiro atoms. The third-order valence-corrected chi connectivity index (χ3v) is 5.31. The van der Waals surface area contributed by atoms with Crippen LogP contribution in [0.2, 0.25) is 0 Å². The highest BCUT2D eigenvalue weighted by molar-refractivity contribution is 5.76. The van der Waals surface area contributed by atoms with Crippen LogP contribution >= 0.6 is 0 Å². The van der Waals surface area contributed by atoms with Gasteiger partial charge in [-0.3, -0.25) is 9.69 Å². The molecule has 128 valence electrons. The Bertz CT molecular complexity index is 525. The Labute approximate surface area is 139 Å². The van der Waals surface area contributed by atoms with E-state index in [4.69, 9.17) is 0 Å². The normalized spacial score (nSPS) is 23.8. The fourth-order valence-corrected chi connectivity index (χ4v) is 4.12. The summed E-state index contributed by atoms with van der Waals surface area (Å²) in [4.78, 5) is 18.9. The minimum atomic E-state index is 0.197. The predicted octanol–water partition coefficient (Wildman–Crippen LogP) is 2.39. The number of amides is 1. The minimum Gasteiger partial charge on any atom is -0.356 e. The van der Waals surface area contributed by atoms with Crippen LogP contribution in [0.3, 0.4) is 0 Å². The summed E-state index contributed by atoms with van der Waals surface area (Å²) >= 11 is 0. The number of nitrogens with one attached hydrogen (secondary N) is 1. The van der Waals surface area contributed by atoms with Crippen molar-refractivity contribution < 1.29 is 4.79 Å². The van der Waals surface area contributed by atoms with Gasteiger partial charge in [-0.25, -0.2) is 4.98 Å². The van der Waals surface area contributed by atoms with Gasteiger partial charge in [0.2, 0.25) is 5.91 Å². The molecule has 1 aromatic rings.